The molecule has 1 amide bonds. The maximum Gasteiger partial charge on any atom is 0.238 e. The van der Waals surface area contributed by atoms with E-state index in [4.69, 9.17) is 0 Å². The molecule has 0 spiro atoms. The van der Waals surface area contributed by atoms with Gasteiger partial charge in [-0.25, -0.2) is 12.8 Å². The van der Waals surface area contributed by atoms with Crippen molar-refractivity contribution in [1.29, 1.82) is 0 Å². The highest BCUT2D eigenvalue weighted by Crippen LogP contribution is 2.20. The van der Waals surface area contributed by atoms with Crippen LogP contribution in [0.15, 0.2) is 30.9 Å². The summed E-state index contributed by atoms with van der Waals surface area (Å²) in [6.07, 6.45) is 2.52. The predicted molar refractivity (Wildman–Crippen MR) is 76.6 cm³/mol. The Balaban J connectivity index is 2.74. The number of benzene rings is 1. The summed E-state index contributed by atoms with van der Waals surface area (Å²) >= 11 is 0. The second-order valence-corrected chi connectivity index (χ2v) is 5.79. The molecule has 0 aromatic heterocycles. The third kappa shape index (κ3) is 5.81. The van der Waals surface area contributed by atoms with Crippen LogP contribution in [0, 0.1) is 5.82 Å². The fourth-order valence-electron chi connectivity index (χ4n) is 1.37. The van der Waals surface area contributed by atoms with Crippen LogP contribution < -0.4 is 15.4 Å². The van der Waals surface area contributed by atoms with Gasteiger partial charge in [0.25, 0.3) is 0 Å². The minimum absolute atomic E-state index is 0.0677. The molecular weight excluding hydrogens is 285 g/mol. The molecule has 0 saturated carbocycles. The van der Waals surface area contributed by atoms with Crippen LogP contribution in [0.1, 0.15) is 0 Å². The molecule has 0 bridgehead atoms. The number of halogens is 1. The van der Waals surface area contributed by atoms with Crippen LogP contribution in [0.5, 0.6) is 0 Å². The first-order valence-corrected chi connectivity index (χ1v) is 7.60. The van der Waals surface area contributed by atoms with Gasteiger partial charge in [0.2, 0.25) is 15.9 Å². The van der Waals surface area contributed by atoms with Crippen molar-refractivity contribution in [2.75, 3.05) is 29.4 Å². The lowest BCUT2D eigenvalue weighted by Gasteiger charge is -2.09. The van der Waals surface area contributed by atoms with E-state index in [2.05, 4.69) is 17.2 Å². The first-order valence-electron chi connectivity index (χ1n) is 5.70. The lowest BCUT2D eigenvalue weighted by molar-refractivity contribution is -0.115. The fraction of sp³-hybridized carbons (Fsp3) is 0.250. The van der Waals surface area contributed by atoms with Gasteiger partial charge in [0.15, 0.2) is 0 Å². The molecule has 0 aliphatic heterocycles. The van der Waals surface area contributed by atoms with Crippen LogP contribution in [0.4, 0.5) is 15.8 Å². The van der Waals surface area contributed by atoms with Crippen molar-refractivity contribution >= 4 is 27.3 Å². The summed E-state index contributed by atoms with van der Waals surface area (Å²) in [4.78, 5) is 11.5. The van der Waals surface area contributed by atoms with Gasteiger partial charge in [-0.3, -0.25) is 9.52 Å². The zero-order chi connectivity index (χ0) is 15.2. The summed E-state index contributed by atoms with van der Waals surface area (Å²) in [5.41, 5.74) is 0.0762. The van der Waals surface area contributed by atoms with Crippen molar-refractivity contribution in [3.8, 4) is 0 Å². The molecule has 0 aliphatic rings. The largest absolute Gasteiger partial charge is 0.325 e. The second kappa shape index (κ2) is 7.01. The minimum Gasteiger partial charge on any atom is -0.325 e. The van der Waals surface area contributed by atoms with E-state index in [1.807, 2.05) is 4.72 Å². The minimum atomic E-state index is -3.59. The number of nitrogens with one attached hydrogen (secondary N) is 3. The molecule has 0 saturated heterocycles. The highest BCUT2D eigenvalue weighted by atomic mass is 32.2. The van der Waals surface area contributed by atoms with Crippen molar-refractivity contribution in [1.82, 2.24) is 5.32 Å². The predicted octanol–water partition coefficient (Wildman–Crippen LogP) is 0.911. The van der Waals surface area contributed by atoms with Crippen molar-refractivity contribution in [3.63, 3.8) is 0 Å². The van der Waals surface area contributed by atoms with Gasteiger partial charge >= 0.3 is 0 Å². The maximum atomic E-state index is 13.4. The van der Waals surface area contributed by atoms with Crippen molar-refractivity contribution in [3.05, 3.63) is 36.7 Å². The Morgan fingerprint density at radius 3 is 2.75 bits per heavy atom. The van der Waals surface area contributed by atoms with Gasteiger partial charge in [-0.2, -0.15) is 0 Å². The summed E-state index contributed by atoms with van der Waals surface area (Å²) in [5.74, 6) is -1.05. The third-order valence-corrected chi connectivity index (χ3v) is 2.71. The van der Waals surface area contributed by atoms with Gasteiger partial charge in [0.05, 0.1) is 18.5 Å². The number of carbonyl (C=O) groups excluding carboxylic acids is 1. The number of hydrogen-bond acceptors (Lipinski definition) is 4. The zero-order valence-corrected chi connectivity index (χ0v) is 11.8. The van der Waals surface area contributed by atoms with Crippen molar-refractivity contribution < 1.29 is 17.6 Å². The molecule has 3 N–H and O–H groups in total. The summed E-state index contributed by atoms with van der Waals surface area (Å²) < 4.78 is 37.6. The molecule has 1 rings (SSSR count). The SMILES string of the molecule is C=CCNCC(=O)Nc1ccc(F)c(NS(C)(=O)=O)c1. The van der Waals surface area contributed by atoms with E-state index >= 15 is 0 Å². The van der Waals surface area contributed by atoms with Gasteiger partial charge in [0.1, 0.15) is 5.82 Å². The smallest absolute Gasteiger partial charge is 0.238 e. The Morgan fingerprint density at radius 2 is 2.15 bits per heavy atom. The highest BCUT2D eigenvalue weighted by molar-refractivity contribution is 7.92. The molecule has 0 radical (unpaired) electrons. The first-order chi connectivity index (χ1) is 9.31. The van der Waals surface area contributed by atoms with E-state index in [0.29, 0.717) is 12.2 Å². The number of rotatable bonds is 7. The van der Waals surface area contributed by atoms with Gasteiger partial charge in [-0.15, -0.1) is 6.58 Å². The Morgan fingerprint density at radius 1 is 1.45 bits per heavy atom. The molecule has 1 aromatic rings. The van der Waals surface area contributed by atoms with Crippen molar-refractivity contribution in [2.45, 2.75) is 0 Å². The van der Waals surface area contributed by atoms with Crippen LogP contribution in [0.3, 0.4) is 0 Å². The number of carbonyl (C=O) groups is 1. The third-order valence-electron chi connectivity index (χ3n) is 2.12. The van der Waals surface area contributed by atoms with E-state index in [1.165, 1.54) is 12.1 Å². The van der Waals surface area contributed by atoms with E-state index < -0.39 is 15.8 Å². The summed E-state index contributed by atoms with van der Waals surface area (Å²) in [6.45, 7) is 4.05. The quantitative estimate of drug-likeness (QED) is 0.516. The maximum absolute atomic E-state index is 13.4. The summed E-state index contributed by atoms with van der Waals surface area (Å²) in [7, 11) is -3.59. The Labute approximate surface area is 117 Å². The molecule has 110 valence electrons. The van der Waals surface area contributed by atoms with Gasteiger partial charge in [0, 0.05) is 12.2 Å². The first kappa shape index (κ1) is 16.1. The van der Waals surface area contributed by atoms with Crippen LogP contribution in [0.2, 0.25) is 0 Å². The molecule has 0 aliphatic carbocycles. The standard InChI is InChI=1S/C12H16FN3O3S/c1-3-6-14-8-12(17)15-9-4-5-10(13)11(7-9)16-20(2,18)19/h3-5,7,14,16H,1,6,8H2,2H3,(H,15,17). The Bertz CT molecular complexity index is 602. The number of hydrogen-bond donors (Lipinski definition) is 3. The zero-order valence-electron chi connectivity index (χ0n) is 10.9. The molecule has 0 fully saturated rings. The van der Waals surface area contributed by atoms with E-state index in [1.54, 1.807) is 6.08 Å². The average Bonchev–Trinajstić information content (AvgIpc) is 2.32. The molecule has 0 atom stereocenters. The molecule has 20 heavy (non-hydrogen) atoms. The monoisotopic (exact) mass is 301 g/mol. The van der Waals surface area contributed by atoms with Crippen LogP contribution in [0.25, 0.3) is 0 Å². The topological polar surface area (TPSA) is 87.3 Å². The highest BCUT2D eigenvalue weighted by Gasteiger charge is 2.09. The Kier molecular flexibility index (Phi) is 5.66. The second-order valence-electron chi connectivity index (χ2n) is 4.04. The lowest BCUT2D eigenvalue weighted by atomic mass is 10.2. The number of amides is 1. The molecular formula is C12H16FN3O3S. The van der Waals surface area contributed by atoms with Gasteiger partial charge < -0.3 is 10.6 Å². The summed E-state index contributed by atoms with van der Waals surface area (Å²) in [6, 6.07) is 3.62. The van der Waals surface area contributed by atoms with Crippen LogP contribution in [-0.4, -0.2) is 33.7 Å². The van der Waals surface area contributed by atoms with E-state index in [-0.39, 0.29) is 18.1 Å². The van der Waals surface area contributed by atoms with Crippen molar-refractivity contribution in [2.24, 2.45) is 0 Å². The average molecular weight is 301 g/mol. The van der Waals surface area contributed by atoms with E-state index in [9.17, 15) is 17.6 Å². The van der Waals surface area contributed by atoms with Gasteiger partial charge in [-0.05, 0) is 18.2 Å². The van der Waals surface area contributed by atoms with Gasteiger partial charge in [-0.1, -0.05) is 6.08 Å². The van der Waals surface area contributed by atoms with E-state index in [0.717, 1.165) is 12.3 Å². The molecule has 1 aromatic carbocycles. The normalized spacial score (nSPS) is 10.9. The van der Waals surface area contributed by atoms with Crippen LogP contribution in [-0.2, 0) is 14.8 Å². The molecule has 8 heteroatoms. The fourth-order valence-corrected chi connectivity index (χ4v) is 1.93. The number of sulfonamides is 1. The molecule has 6 nitrogen and oxygen atoms in total. The molecule has 0 unspecified atom stereocenters. The van der Waals surface area contributed by atoms with Crippen LogP contribution >= 0.6 is 0 Å². The number of anilines is 2. The molecule has 0 heterocycles. The summed E-state index contributed by atoms with van der Waals surface area (Å²) in [5, 5.41) is 5.32. The Hall–Kier alpha value is -1.93. The lowest BCUT2D eigenvalue weighted by Crippen LogP contribution is -2.28.